The van der Waals surface area contributed by atoms with Crippen LogP contribution in [0.1, 0.15) is 21.5 Å². The number of amides is 1. The Balaban J connectivity index is 1.71. The molecule has 5 heteroatoms. The van der Waals surface area contributed by atoms with Crippen LogP contribution in [-0.4, -0.2) is 5.91 Å². The van der Waals surface area contributed by atoms with E-state index in [0.29, 0.717) is 16.9 Å². The topological polar surface area (TPSA) is 62.1 Å². The highest BCUT2D eigenvalue weighted by atomic mass is 19.1. The van der Waals surface area contributed by atoms with Gasteiger partial charge in [-0.25, -0.2) is 4.39 Å². The molecule has 0 aromatic heterocycles. The van der Waals surface area contributed by atoms with Gasteiger partial charge < -0.3 is 10.1 Å². The van der Waals surface area contributed by atoms with Crippen molar-refractivity contribution in [1.82, 2.24) is 0 Å². The molecule has 0 atom stereocenters. The van der Waals surface area contributed by atoms with Crippen LogP contribution < -0.4 is 10.1 Å². The molecule has 0 aliphatic rings. The molecule has 3 rings (SSSR count). The fourth-order valence-electron chi connectivity index (χ4n) is 2.40. The lowest BCUT2D eigenvalue weighted by molar-refractivity contribution is 0.102. The Kier molecular flexibility index (Phi) is 5.25. The molecule has 1 amide bonds. The van der Waals surface area contributed by atoms with Crippen LogP contribution in [0.3, 0.4) is 0 Å². The molecule has 0 aliphatic heterocycles. The number of hydrogen-bond donors (Lipinski definition) is 1. The zero-order valence-electron chi connectivity index (χ0n) is 13.8. The third kappa shape index (κ3) is 4.05. The Morgan fingerprint density at radius 1 is 1.04 bits per heavy atom. The van der Waals surface area contributed by atoms with Crippen LogP contribution in [0.4, 0.5) is 10.1 Å². The van der Waals surface area contributed by atoms with Crippen LogP contribution in [0, 0.1) is 17.1 Å². The third-order valence-electron chi connectivity index (χ3n) is 3.75. The molecule has 26 heavy (non-hydrogen) atoms. The first-order chi connectivity index (χ1) is 12.7. The summed E-state index contributed by atoms with van der Waals surface area (Å²) in [6, 6.07) is 21.8. The van der Waals surface area contributed by atoms with Crippen molar-refractivity contribution < 1.29 is 13.9 Å². The fourth-order valence-corrected chi connectivity index (χ4v) is 2.40. The number of anilines is 1. The van der Waals surface area contributed by atoms with Crippen LogP contribution in [0.5, 0.6) is 5.75 Å². The Hall–Kier alpha value is -3.65. The van der Waals surface area contributed by atoms with Crippen molar-refractivity contribution in [1.29, 1.82) is 5.26 Å². The molecular weight excluding hydrogens is 331 g/mol. The molecule has 0 saturated heterocycles. The van der Waals surface area contributed by atoms with Crippen molar-refractivity contribution in [2.45, 2.75) is 6.61 Å². The summed E-state index contributed by atoms with van der Waals surface area (Å²) in [6.07, 6.45) is 0. The van der Waals surface area contributed by atoms with Gasteiger partial charge >= 0.3 is 0 Å². The van der Waals surface area contributed by atoms with Gasteiger partial charge in [0.15, 0.2) is 0 Å². The normalized spacial score (nSPS) is 10.0. The van der Waals surface area contributed by atoms with E-state index in [2.05, 4.69) is 11.4 Å². The number of benzene rings is 3. The summed E-state index contributed by atoms with van der Waals surface area (Å²) in [5, 5.41) is 11.6. The van der Waals surface area contributed by atoms with Gasteiger partial charge in [0, 0.05) is 11.1 Å². The summed E-state index contributed by atoms with van der Waals surface area (Å²) in [5.74, 6) is -0.446. The summed E-state index contributed by atoms with van der Waals surface area (Å²) in [6.45, 7) is 0.210. The summed E-state index contributed by atoms with van der Waals surface area (Å²) < 4.78 is 19.4. The molecule has 0 saturated carbocycles. The molecule has 4 nitrogen and oxygen atoms in total. The summed E-state index contributed by atoms with van der Waals surface area (Å²) >= 11 is 0. The van der Waals surface area contributed by atoms with Gasteiger partial charge in [0.05, 0.1) is 17.3 Å². The second-order valence-electron chi connectivity index (χ2n) is 5.52. The standard InChI is InChI=1S/C21H15FN2O2/c22-19-10-3-4-11-20(19)24-21(25)15-8-5-9-18(12-15)26-14-17-7-2-1-6-16(17)13-23/h1-12H,14H2,(H,24,25). The van der Waals surface area contributed by atoms with Crippen molar-refractivity contribution in [2.75, 3.05) is 5.32 Å². The van der Waals surface area contributed by atoms with Gasteiger partial charge in [0.1, 0.15) is 18.2 Å². The van der Waals surface area contributed by atoms with Crippen LogP contribution >= 0.6 is 0 Å². The number of nitrogens with one attached hydrogen (secondary N) is 1. The maximum atomic E-state index is 13.7. The molecule has 3 aromatic rings. The average Bonchev–Trinajstić information content (AvgIpc) is 2.68. The lowest BCUT2D eigenvalue weighted by Gasteiger charge is -2.10. The number of hydrogen-bond acceptors (Lipinski definition) is 3. The lowest BCUT2D eigenvalue weighted by atomic mass is 10.1. The van der Waals surface area contributed by atoms with Gasteiger partial charge in [-0.3, -0.25) is 4.79 Å². The Labute approximate surface area is 150 Å². The largest absolute Gasteiger partial charge is 0.489 e. The zero-order valence-corrected chi connectivity index (χ0v) is 13.8. The predicted octanol–water partition coefficient (Wildman–Crippen LogP) is 4.53. The van der Waals surface area contributed by atoms with Crippen molar-refractivity contribution >= 4 is 11.6 Å². The molecule has 0 radical (unpaired) electrons. The number of nitrogens with zero attached hydrogens (tertiary/aromatic N) is 1. The molecule has 0 spiro atoms. The first-order valence-corrected chi connectivity index (χ1v) is 7.94. The van der Waals surface area contributed by atoms with Gasteiger partial charge in [-0.05, 0) is 36.4 Å². The summed E-state index contributed by atoms with van der Waals surface area (Å²) in [7, 11) is 0. The highest BCUT2D eigenvalue weighted by molar-refractivity contribution is 6.04. The van der Waals surface area contributed by atoms with E-state index in [1.807, 2.05) is 12.1 Å². The molecule has 0 unspecified atom stereocenters. The SMILES string of the molecule is N#Cc1ccccc1COc1cccc(C(=O)Nc2ccccc2F)c1. The van der Waals surface area contributed by atoms with E-state index in [-0.39, 0.29) is 12.3 Å². The maximum absolute atomic E-state index is 13.7. The van der Waals surface area contributed by atoms with E-state index < -0.39 is 11.7 Å². The van der Waals surface area contributed by atoms with E-state index in [4.69, 9.17) is 10.00 Å². The Morgan fingerprint density at radius 3 is 2.62 bits per heavy atom. The van der Waals surface area contributed by atoms with E-state index in [9.17, 15) is 9.18 Å². The van der Waals surface area contributed by atoms with Crippen molar-refractivity contribution in [3.8, 4) is 11.8 Å². The third-order valence-corrected chi connectivity index (χ3v) is 3.75. The molecule has 0 heterocycles. The van der Waals surface area contributed by atoms with Crippen LogP contribution in [-0.2, 0) is 6.61 Å². The summed E-state index contributed by atoms with van der Waals surface area (Å²) in [4.78, 5) is 12.3. The van der Waals surface area contributed by atoms with E-state index in [0.717, 1.165) is 5.56 Å². The number of carbonyl (C=O) groups is 1. The van der Waals surface area contributed by atoms with Crippen LogP contribution in [0.2, 0.25) is 0 Å². The van der Waals surface area contributed by atoms with Gasteiger partial charge in [0.25, 0.3) is 5.91 Å². The first-order valence-electron chi connectivity index (χ1n) is 7.94. The predicted molar refractivity (Wildman–Crippen MR) is 96.3 cm³/mol. The molecule has 3 aromatic carbocycles. The molecule has 1 N–H and O–H groups in total. The highest BCUT2D eigenvalue weighted by Gasteiger charge is 2.10. The molecule has 128 valence electrons. The Morgan fingerprint density at radius 2 is 1.81 bits per heavy atom. The first kappa shape index (κ1) is 17.2. The van der Waals surface area contributed by atoms with Crippen molar-refractivity contribution in [3.05, 3.63) is 95.3 Å². The minimum Gasteiger partial charge on any atom is -0.489 e. The van der Waals surface area contributed by atoms with Gasteiger partial charge in [-0.2, -0.15) is 5.26 Å². The van der Waals surface area contributed by atoms with Crippen LogP contribution in [0.15, 0.2) is 72.8 Å². The highest BCUT2D eigenvalue weighted by Crippen LogP contribution is 2.19. The minimum atomic E-state index is -0.499. The smallest absolute Gasteiger partial charge is 0.255 e. The number of nitriles is 1. The Bertz CT molecular complexity index is 979. The second-order valence-corrected chi connectivity index (χ2v) is 5.52. The average molecular weight is 346 g/mol. The summed E-state index contributed by atoms with van der Waals surface area (Å²) in [5.41, 5.74) is 1.77. The van der Waals surface area contributed by atoms with Gasteiger partial charge in [-0.1, -0.05) is 36.4 Å². The fraction of sp³-hybridized carbons (Fsp3) is 0.0476. The lowest BCUT2D eigenvalue weighted by Crippen LogP contribution is -2.13. The monoisotopic (exact) mass is 346 g/mol. The molecule has 0 aliphatic carbocycles. The van der Waals surface area contributed by atoms with Crippen LogP contribution in [0.25, 0.3) is 0 Å². The number of halogens is 1. The molecule has 0 fully saturated rings. The van der Waals surface area contributed by atoms with E-state index in [1.165, 1.54) is 12.1 Å². The maximum Gasteiger partial charge on any atom is 0.255 e. The zero-order chi connectivity index (χ0) is 18.4. The quantitative estimate of drug-likeness (QED) is 0.738. The minimum absolute atomic E-state index is 0.117. The van der Waals surface area contributed by atoms with E-state index in [1.54, 1.807) is 48.5 Å². The van der Waals surface area contributed by atoms with Crippen molar-refractivity contribution in [2.24, 2.45) is 0 Å². The number of para-hydroxylation sites is 1. The number of carbonyl (C=O) groups excluding carboxylic acids is 1. The number of rotatable bonds is 5. The number of ether oxygens (including phenoxy) is 1. The second kappa shape index (κ2) is 7.95. The van der Waals surface area contributed by atoms with E-state index >= 15 is 0 Å². The van der Waals surface area contributed by atoms with Gasteiger partial charge in [0.2, 0.25) is 0 Å². The molecule has 0 bridgehead atoms. The van der Waals surface area contributed by atoms with Crippen molar-refractivity contribution in [3.63, 3.8) is 0 Å². The van der Waals surface area contributed by atoms with Gasteiger partial charge in [-0.15, -0.1) is 0 Å². The molecular formula is C21H15FN2O2.